The van der Waals surface area contributed by atoms with E-state index in [0.29, 0.717) is 17.9 Å². The Labute approximate surface area is 133 Å². The Hall–Kier alpha value is -2.08. The fourth-order valence-electron chi connectivity index (χ4n) is 2.21. The summed E-state index contributed by atoms with van der Waals surface area (Å²) in [5.74, 6) is 0.0286. The molecule has 0 saturated carbocycles. The van der Waals surface area contributed by atoms with Crippen LogP contribution in [0.3, 0.4) is 0 Å². The lowest BCUT2D eigenvalue weighted by Crippen LogP contribution is -2.38. The highest BCUT2D eigenvalue weighted by molar-refractivity contribution is 7.07. The van der Waals surface area contributed by atoms with Crippen molar-refractivity contribution >= 4 is 17.4 Å². The summed E-state index contributed by atoms with van der Waals surface area (Å²) in [5.41, 5.74) is 1.42. The van der Waals surface area contributed by atoms with Crippen LogP contribution in [-0.2, 0) is 6.54 Å². The van der Waals surface area contributed by atoms with Crippen molar-refractivity contribution in [2.75, 3.05) is 14.2 Å². The van der Waals surface area contributed by atoms with E-state index in [-0.39, 0.29) is 6.03 Å². The summed E-state index contributed by atoms with van der Waals surface area (Å²) in [5, 5.41) is 6.75. The number of nitrogens with zero attached hydrogens (tertiary/aromatic N) is 1. The van der Waals surface area contributed by atoms with Crippen molar-refractivity contribution in [3.63, 3.8) is 0 Å². The molecule has 0 saturated heterocycles. The number of amides is 2. The first-order chi connectivity index (χ1) is 10.5. The average molecular weight is 322 g/mol. The molecule has 1 aromatic carbocycles. The van der Waals surface area contributed by atoms with Gasteiger partial charge in [0.1, 0.15) is 11.6 Å². The van der Waals surface area contributed by atoms with Crippen LogP contribution in [0.15, 0.2) is 35.0 Å². The van der Waals surface area contributed by atoms with Gasteiger partial charge in [0.25, 0.3) is 0 Å². The number of carbonyl (C=O) groups is 1. The number of urea groups is 1. The molecule has 0 radical (unpaired) electrons. The SMILES string of the molecule is COc1cccc(F)c1[C@H](C)NC(=O)N(C)Cc1ccsc1. The van der Waals surface area contributed by atoms with Crippen LogP contribution in [0.5, 0.6) is 5.75 Å². The zero-order chi connectivity index (χ0) is 16.1. The van der Waals surface area contributed by atoms with E-state index in [1.807, 2.05) is 16.8 Å². The summed E-state index contributed by atoms with van der Waals surface area (Å²) in [7, 11) is 3.19. The van der Waals surface area contributed by atoms with Crippen molar-refractivity contribution in [2.45, 2.75) is 19.5 Å². The molecule has 1 aromatic heterocycles. The zero-order valence-electron chi connectivity index (χ0n) is 12.8. The van der Waals surface area contributed by atoms with Crippen LogP contribution >= 0.6 is 11.3 Å². The van der Waals surface area contributed by atoms with Gasteiger partial charge >= 0.3 is 6.03 Å². The van der Waals surface area contributed by atoms with Crippen LogP contribution in [0.25, 0.3) is 0 Å². The predicted octanol–water partition coefficient (Wildman–Crippen LogP) is 3.80. The molecule has 4 nitrogen and oxygen atoms in total. The van der Waals surface area contributed by atoms with Gasteiger partial charge in [-0.1, -0.05) is 6.07 Å². The molecular weight excluding hydrogens is 303 g/mol. The summed E-state index contributed by atoms with van der Waals surface area (Å²) >= 11 is 1.59. The number of methoxy groups -OCH3 is 1. The topological polar surface area (TPSA) is 41.6 Å². The van der Waals surface area contributed by atoms with Crippen molar-refractivity contribution < 1.29 is 13.9 Å². The minimum absolute atomic E-state index is 0.260. The third kappa shape index (κ3) is 3.76. The first kappa shape index (κ1) is 16.3. The Morgan fingerprint density at radius 3 is 2.86 bits per heavy atom. The molecule has 0 bridgehead atoms. The molecule has 0 aliphatic heterocycles. The zero-order valence-corrected chi connectivity index (χ0v) is 13.6. The highest BCUT2D eigenvalue weighted by atomic mass is 32.1. The van der Waals surface area contributed by atoms with Gasteiger partial charge in [-0.15, -0.1) is 0 Å². The average Bonchev–Trinajstić information content (AvgIpc) is 2.99. The van der Waals surface area contributed by atoms with Crippen LogP contribution in [-0.4, -0.2) is 25.1 Å². The number of ether oxygens (including phenoxy) is 1. The molecule has 0 unspecified atom stereocenters. The number of halogens is 1. The Morgan fingerprint density at radius 1 is 1.45 bits per heavy atom. The molecule has 2 amide bonds. The molecule has 1 atom stereocenters. The van der Waals surface area contributed by atoms with Crippen LogP contribution in [0, 0.1) is 5.82 Å². The van der Waals surface area contributed by atoms with Gasteiger partial charge in [-0.3, -0.25) is 0 Å². The minimum Gasteiger partial charge on any atom is -0.496 e. The monoisotopic (exact) mass is 322 g/mol. The minimum atomic E-state index is -0.492. The van der Waals surface area contributed by atoms with Crippen molar-refractivity contribution in [2.24, 2.45) is 0 Å². The molecule has 6 heteroatoms. The van der Waals surface area contributed by atoms with E-state index in [1.54, 1.807) is 42.3 Å². The number of nitrogens with one attached hydrogen (secondary N) is 1. The lowest BCUT2D eigenvalue weighted by molar-refractivity contribution is 0.203. The number of hydrogen-bond acceptors (Lipinski definition) is 3. The molecule has 2 rings (SSSR count). The van der Waals surface area contributed by atoms with Gasteiger partial charge in [0.05, 0.1) is 18.7 Å². The fourth-order valence-corrected chi connectivity index (χ4v) is 2.87. The quantitative estimate of drug-likeness (QED) is 0.910. The number of thiophene rings is 1. The molecule has 0 fully saturated rings. The second kappa shape index (κ2) is 7.26. The van der Waals surface area contributed by atoms with Crippen molar-refractivity contribution in [1.82, 2.24) is 10.2 Å². The molecule has 1 N–H and O–H groups in total. The first-order valence-electron chi connectivity index (χ1n) is 6.88. The van der Waals surface area contributed by atoms with Gasteiger partial charge in [-0.2, -0.15) is 11.3 Å². The van der Waals surface area contributed by atoms with Crippen molar-refractivity contribution in [3.8, 4) is 5.75 Å². The smallest absolute Gasteiger partial charge is 0.317 e. The maximum atomic E-state index is 14.0. The van der Waals surface area contributed by atoms with Gasteiger partial charge in [0, 0.05) is 13.6 Å². The molecule has 0 aliphatic rings. The van der Waals surface area contributed by atoms with Gasteiger partial charge in [-0.05, 0) is 41.4 Å². The van der Waals surface area contributed by atoms with Crippen LogP contribution in [0.4, 0.5) is 9.18 Å². The van der Waals surface area contributed by atoms with E-state index < -0.39 is 11.9 Å². The van der Waals surface area contributed by atoms with Crippen LogP contribution in [0.1, 0.15) is 24.1 Å². The summed E-state index contributed by atoms with van der Waals surface area (Å²) < 4.78 is 19.2. The van der Waals surface area contributed by atoms with Gasteiger partial charge in [-0.25, -0.2) is 9.18 Å². The van der Waals surface area contributed by atoms with E-state index in [2.05, 4.69) is 5.32 Å². The van der Waals surface area contributed by atoms with Crippen molar-refractivity contribution in [3.05, 3.63) is 52.0 Å². The third-order valence-electron chi connectivity index (χ3n) is 3.35. The Balaban J connectivity index is 2.05. The molecular formula is C16H19FN2O2S. The van der Waals surface area contributed by atoms with E-state index in [9.17, 15) is 9.18 Å². The normalized spacial score (nSPS) is 11.8. The van der Waals surface area contributed by atoms with E-state index >= 15 is 0 Å². The summed E-state index contributed by atoms with van der Waals surface area (Å²) in [6, 6.07) is 5.83. The summed E-state index contributed by atoms with van der Waals surface area (Å²) in [6.07, 6.45) is 0. The summed E-state index contributed by atoms with van der Waals surface area (Å²) in [4.78, 5) is 13.8. The fraction of sp³-hybridized carbons (Fsp3) is 0.312. The number of carbonyl (C=O) groups excluding carboxylic acids is 1. The number of rotatable bonds is 5. The highest BCUT2D eigenvalue weighted by Crippen LogP contribution is 2.27. The van der Waals surface area contributed by atoms with E-state index in [4.69, 9.17) is 4.74 Å². The molecule has 0 spiro atoms. The standard InChI is InChI=1S/C16H19FN2O2S/c1-11(15-13(17)5-4-6-14(15)21-3)18-16(20)19(2)9-12-7-8-22-10-12/h4-8,10-11H,9H2,1-3H3,(H,18,20)/t11-/m0/s1. The van der Waals surface area contributed by atoms with Gasteiger partial charge in [0.2, 0.25) is 0 Å². The maximum absolute atomic E-state index is 14.0. The molecule has 22 heavy (non-hydrogen) atoms. The van der Waals surface area contributed by atoms with E-state index in [1.165, 1.54) is 13.2 Å². The van der Waals surface area contributed by atoms with E-state index in [0.717, 1.165) is 5.56 Å². The van der Waals surface area contributed by atoms with Gasteiger partial charge < -0.3 is 15.0 Å². The largest absolute Gasteiger partial charge is 0.496 e. The second-order valence-corrected chi connectivity index (χ2v) is 5.79. The third-order valence-corrected chi connectivity index (χ3v) is 4.08. The Bertz CT molecular complexity index is 631. The number of hydrogen-bond donors (Lipinski definition) is 1. The Morgan fingerprint density at radius 2 is 2.23 bits per heavy atom. The molecule has 1 heterocycles. The summed E-state index contributed by atoms with van der Waals surface area (Å²) in [6.45, 7) is 2.24. The molecule has 2 aromatic rings. The molecule has 0 aliphatic carbocycles. The van der Waals surface area contributed by atoms with Crippen molar-refractivity contribution in [1.29, 1.82) is 0 Å². The maximum Gasteiger partial charge on any atom is 0.317 e. The number of benzene rings is 1. The predicted molar refractivity (Wildman–Crippen MR) is 85.7 cm³/mol. The van der Waals surface area contributed by atoms with Crippen LogP contribution < -0.4 is 10.1 Å². The Kier molecular flexibility index (Phi) is 5.38. The second-order valence-electron chi connectivity index (χ2n) is 5.01. The lowest BCUT2D eigenvalue weighted by atomic mass is 10.1. The highest BCUT2D eigenvalue weighted by Gasteiger charge is 2.20. The lowest BCUT2D eigenvalue weighted by Gasteiger charge is -2.22. The molecule has 118 valence electrons. The van der Waals surface area contributed by atoms with Gasteiger partial charge in [0.15, 0.2) is 0 Å². The first-order valence-corrected chi connectivity index (χ1v) is 7.82. The van der Waals surface area contributed by atoms with Crippen LogP contribution in [0.2, 0.25) is 0 Å².